The summed E-state index contributed by atoms with van der Waals surface area (Å²) in [5, 5.41) is 6.59. The van der Waals surface area contributed by atoms with E-state index >= 15 is 0 Å². The zero-order chi connectivity index (χ0) is 18.6. The average Bonchev–Trinajstić information content (AvgIpc) is 3.44. The van der Waals surface area contributed by atoms with Gasteiger partial charge in [0.15, 0.2) is 11.5 Å². The molecule has 1 aromatic carbocycles. The van der Waals surface area contributed by atoms with Crippen molar-refractivity contribution in [3.63, 3.8) is 0 Å². The summed E-state index contributed by atoms with van der Waals surface area (Å²) in [6.07, 6.45) is 1.60. The number of carbonyl (C=O) groups excluding carboxylic acids is 1. The molecular weight excluding hydrogens is 384 g/mol. The lowest BCUT2D eigenvalue weighted by atomic mass is 10.1. The molecule has 0 saturated carbocycles. The second-order valence-electron chi connectivity index (χ2n) is 5.90. The predicted octanol–water partition coefficient (Wildman–Crippen LogP) is 5.49. The quantitative estimate of drug-likeness (QED) is 0.430. The molecule has 136 valence electrons. The molecule has 0 N–H and O–H groups in total. The molecule has 0 aliphatic carbocycles. The zero-order valence-corrected chi connectivity index (χ0v) is 15.7. The highest BCUT2D eigenvalue weighted by molar-refractivity contribution is 7.09. The van der Waals surface area contributed by atoms with Crippen molar-refractivity contribution in [3.05, 3.63) is 87.6 Å². The summed E-state index contributed by atoms with van der Waals surface area (Å²) in [4.78, 5) is 15.8. The average molecular weight is 399 g/mol. The van der Waals surface area contributed by atoms with E-state index in [0.29, 0.717) is 29.6 Å². The van der Waals surface area contributed by atoms with Gasteiger partial charge in [0.05, 0.1) is 19.4 Å². The molecule has 0 aliphatic rings. The maximum absolute atomic E-state index is 13.0. The lowest BCUT2D eigenvalue weighted by molar-refractivity contribution is 0.0709. The highest BCUT2D eigenvalue weighted by atomic mass is 35.5. The van der Waals surface area contributed by atoms with Crippen LogP contribution in [-0.2, 0) is 13.1 Å². The van der Waals surface area contributed by atoms with Crippen molar-refractivity contribution in [1.82, 2.24) is 10.1 Å². The lowest BCUT2D eigenvalue weighted by Gasteiger charge is -2.19. The maximum Gasteiger partial charge on any atom is 0.276 e. The van der Waals surface area contributed by atoms with Gasteiger partial charge >= 0.3 is 0 Å². The Morgan fingerprint density at radius 1 is 1.11 bits per heavy atom. The first-order valence-corrected chi connectivity index (χ1v) is 9.51. The van der Waals surface area contributed by atoms with E-state index < -0.39 is 0 Å². The van der Waals surface area contributed by atoms with E-state index in [-0.39, 0.29) is 11.6 Å². The van der Waals surface area contributed by atoms with Gasteiger partial charge in [0.2, 0.25) is 0 Å². The van der Waals surface area contributed by atoms with Crippen LogP contribution in [0.3, 0.4) is 0 Å². The van der Waals surface area contributed by atoms with E-state index in [4.69, 9.17) is 20.5 Å². The van der Waals surface area contributed by atoms with E-state index in [1.165, 1.54) is 0 Å². The molecule has 7 heteroatoms. The SMILES string of the molecule is O=C(c1cc(-c2ccc(Cl)cc2)on1)N(Cc1ccco1)Cc1cccs1. The van der Waals surface area contributed by atoms with Crippen LogP contribution in [0.15, 0.2) is 75.2 Å². The van der Waals surface area contributed by atoms with E-state index in [2.05, 4.69) is 5.16 Å². The number of halogens is 1. The second-order valence-corrected chi connectivity index (χ2v) is 7.37. The summed E-state index contributed by atoms with van der Waals surface area (Å²) in [6, 6.07) is 16.4. The van der Waals surface area contributed by atoms with Crippen LogP contribution in [0, 0.1) is 0 Å². The topological polar surface area (TPSA) is 59.5 Å². The number of rotatable bonds is 6. The van der Waals surface area contributed by atoms with Gasteiger partial charge in [-0.2, -0.15) is 0 Å². The molecule has 3 aromatic heterocycles. The number of thiophene rings is 1. The minimum absolute atomic E-state index is 0.219. The van der Waals surface area contributed by atoms with Crippen LogP contribution in [0.2, 0.25) is 5.02 Å². The third-order valence-electron chi connectivity index (χ3n) is 4.00. The van der Waals surface area contributed by atoms with Crippen LogP contribution >= 0.6 is 22.9 Å². The largest absolute Gasteiger partial charge is 0.467 e. The Hall–Kier alpha value is -2.83. The molecule has 0 bridgehead atoms. The molecule has 3 heterocycles. The summed E-state index contributed by atoms with van der Waals surface area (Å²) >= 11 is 7.52. The molecular formula is C20H15ClN2O3S. The lowest BCUT2D eigenvalue weighted by Crippen LogP contribution is -2.29. The summed E-state index contributed by atoms with van der Waals surface area (Å²) in [6.45, 7) is 0.827. The Morgan fingerprint density at radius 2 is 1.96 bits per heavy atom. The number of hydrogen-bond donors (Lipinski definition) is 0. The molecule has 0 atom stereocenters. The molecule has 4 aromatic rings. The van der Waals surface area contributed by atoms with Gasteiger partial charge in [-0.1, -0.05) is 22.8 Å². The summed E-state index contributed by atoms with van der Waals surface area (Å²) in [7, 11) is 0. The van der Waals surface area contributed by atoms with Crippen molar-refractivity contribution in [3.8, 4) is 11.3 Å². The Labute approximate surface area is 164 Å². The monoisotopic (exact) mass is 398 g/mol. The van der Waals surface area contributed by atoms with E-state index in [1.807, 2.05) is 35.7 Å². The standard InChI is InChI=1S/C20H15ClN2O3S/c21-15-7-5-14(6-8-15)19-11-18(22-26-19)20(24)23(12-16-3-1-9-25-16)13-17-4-2-10-27-17/h1-11H,12-13H2. The fourth-order valence-corrected chi connectivity index (χ4v) is 3.51. The van der Waals surface area contributed by atoms with Crippen LogP contribution in [0.4, 0.5) is 0 Å². The van der Waals surface area contributed by atoms with Gasteiger partial charge in [-0.05, 0) is 47.8 Å². The highest BCUT2D eigenvalue weighted by Crippen LogP contribution is 2.24. The second kappa shape index (κ2) is 7.82. The van der Waals surface area contributed by atoms with Crippen molar-refractivity contribution >= 4 is 28.8 Å². The van der Waals surface area contributed by atoms with Crippen molar-refractivity contribution < 1.29 is 13.7 Å². The first-order valence-electron chi connectivity index (χ1n) is 8.26. The number of amides is 1. The van der Waals surface area contributed by atoms with Crippen molar-refractivity contribution in [2.75, 3.05) is 0 Å². The van der Waals surface area contributed by atoms with Gasteiger partial charge in [0.1, 0.15) is 5.76 Å². The van der Waals surface area contributed by atoms with Crippen LogP contribution < -0.4 is 0 Å². The molecule has 27 heavy (non-hydrogen) atoms. The number of carbonyl (C=O) groups is 1. The van der Waals surface area contributed by atoms with Crippen LogP contribution in [0.5, 0.6) is 0 Å². The van der Waals surface area contributed by atoms with Crippen molar-refractivity contribution in [2.24, 2.45) is 0 Å². The zero-order valence-electron chi connectivity index (χ0n) is 14.2. The predicted molar refractivity (Wildman–Crippen MR) is 104 cm³/mol. The van der Waals surface area contributed by atoms with Gasteiger partial charge in [0, 0.05) is 21.5 Å². The molecule has 0 saturated heterocycles. The number of nitrogens with zero attached hydrogens (tertiary/aromatic N) is 2. The molecule has 5 nitrogen and oxygen atoms in total. The van der Waals surface area contributed by atoms with Crippen molar-refractivity contribution in [2.45, 2.75) is 13.1 Å². The van der Waals surface area contributed by atoms with Crippen LogP contribution in [0.1, 0.15) is 21.1 Å². The number of hydrogen-bond acceptors (Lipinski definition) is 5. The Bertz CT molecular complexity index is 972. The highest BCUT2D eigenvalue weighted by Gasteiger charge is 2.22. The van der Waals surface area contributed by atoms with E-state index in [9.17, 15) is 4.79 Å². The van der Waals surface area contributed by atoms with Gasteiger partial charge in [-0.3, -0.25) is 4.79 Å². The third-order valence-corrected chi connectivity index (χ3v) is 5.11. The van der Waals surface area contributed by atoms with Gasteiger partial charge in [-0.25, -0.2) is 0 Å². The normalized spacial score (nSPS) is 10.9. The fraction of sp³-hybridized carbons (Fsp3) is 0.100. The van der Waals surface area contributed by atoms with Crippen LogP contribution in [0.25, 0.3) is 11.3 Å². The Balaban J connectivity index is 1.58. The first-order chi connectivity index (χ1) is 13.2. The van der Waals surface area contributed by atoms with Crippen molar-refractivity contribution in [1.29, 1.82) is 0 Å². The smallest absolute Gasteiger partial charge is 0.276 e. The number of furan rings is 1. The van der Waals surface area contributed by atoms with Gasteiger partial charge < -0.3 is 13.8 Å². The first kappa shape index (κ1) is 17.6. The number of aromatic nitrogens is 1. The molecule has 0 aliphatic heterocycles. The third kappa shape index (κ3) is 4.13. The summed E-state index contributed by atoms with van der Waals surface area (Å²) in [5.41, 5.74) is 1.06. The fourth-order valence-electron chi connectivity index (χ4n) is 2.67. The summed E-state index contributed by atoms with van der Waals surface area (Å²) in [5.74, 6) is 1.01. The molecule has 0 fully saturated rings. The van der Waals surface area contributed by atoms with E-state index in [1.54, 1.807) is 46.8 Å². The maximum atomic E-state index is 13.0. The number of benzene rings is 1. The minimum atomic E-state index is -0.219. The molecule has 1 amide bonds. The van der Waals surface area contributed by atoms with Gasteiger partial charge in [0.25, 0.3) is 5.91 Å². The van der Waals surface area contributed by atoms with Crippen LogP contribution in [-0.4, -0.2) is 16.0 Å². The molecule has 4 rings (SSSR count). The molecule has 0 spiro atoms. The molecule has 0 unspecified atom stereocenters. The summed E-state index contributed by atoms with van der Waals surface area (Å²) < 4.78 is 10.8. The minimum Gasteiger partial charge on any atom is -0.467 e. The van der Waals surface area contributed by atoms with E-state index in [0.717, 1.165) is 10.4 Å². The Morgan fingerprint density at radius 3 is 2.67 bits per heavy atom. The molecule has 0 radical (unpaired) electrons. The Kier molecular flexibility index (Phi) is 5.09. The van der Waals surface area contributed by atoms with Gasteiger partial charge in [-0.15, -0.1) is 11.3 Å².